The van der Waals surface area contributed by atoms with Crippen LogP contribution in [0.5, 0.6) is 0 Å². The first-order valence-electron chi connectivity index (χ1n) is 5.86. The lowest BCUT2D eigenvalue weighted by Gasteiger charge is -2.38. The molecule has 2 rings (SSSR count). The number of anilines is 1. The summed E-state index contributed by atoms with van der Waals surface area (Å²) in [5.41, 5.74) is 0.851. The molecule has 1 aromatic rings. The molecule has 2 heterocycles. The van der Waals surface area contributed by atoms with Gasteiger partial charge in [-0.15, -0.1) is 11.6 Å². The SMILES string of the molecule is CC1CCCN(c2cncc(CCl)n2)C1C. The van der Waals surface area contributed by atoms with Gasteiger partial charge in [0, 0.05) is 18.8 Å². The molecule has 1 saturated heterocycles. The summed E-state index contributed by atoms with van der Waals surface area (Å²) in [6, 6.07) is 0.536. The van der Waals surface area contributed by atoms with E-state index in [-0.39, 0.29) is 0 Å². The fraction of sp³-hybridized carbons (Fsp3) is 0.667. The number of nitrogens with zero attached hydrogens (tertiary/aromatic N) is 3. The van der Waals surface area contributed by atoms with E-state index in [1.54, 1.807) is 6.20 Å². The second-order valence-electron chi connectivity index (χ2n) is 4.56. The number of rotatable bonds is 2. The summed E-state index contributed by atoms with van der Waals surface area (Å²) in [7, 11) is 0. The second-order valence-corrected chi connectivity index (χ2v) is 4.82. The van der Waals surface area contributed by atoms with Gasteiger partial charge in [-0.3, -0.25) is 4.98 Å². The Morgan fingerprint density at radius 2 is 2.25 bits per heavy atom. The molecule has 2 atom stereocenters. The maximum absolute atomic E-state index is 5.78. The van der Waals surface area contributed by atoms with Crippen molar-refractivity contribution in [3.8, 4) is 0 Å². The Hall–Kier alpha value is -0.830. The average molecular weight is 240 g/mol. The van der Waals surface area contributed by atoms with Crippen LogP contribution in [-0.4, -0.2) is 22.6 Å². The molecule has 0 N–H and O–H groups in total. The van der Waals surface area contributed by atoms with Gasteiger partial charge < -0.3 is 4.90 Å². The predicted molar refractivity (Wildman–Crippen MR) is 66.8 cm³/mol. The highest BCUT2D eigenvalue weighted by Gasteiger charge is 2.25. The Balaban J connectivity index is 2.21. The van der Waals surface area contributed by atoms with E-state index >= 15 is 0 Å². The van der Waals surface area contributed by atoms with Crippen LogP contribution in [0.2, 0.25) is 0 Å². The Bertz CT molecular complexity index is 356. The number of hydrogen-bond acceptors (Lipinski definition) is 3. The van der Waals surface area contributed by atoms with E-state index in [0.29, 0.717) is 11.9 Å². The van der Waals surface area contributed by atoms with Crippen molar-refractivity contribution in [2.75, 3.05) is 11.4 Å². The highest BCUT2D eigenvalue weighted by Crippen LogP contribution is 2.26. The normalized spacial score (nSPS) is 25.8. The van der Waals surface area contributed by atoms with Gasteiger partial charge in [0.05, 0.1) is 17.8 Å². The summed E-state index contributed by atoms with van der Waals surface area (Å²) >= 11 is 5.78. The fourth-order valence-corrected chi connectivity index (χ4v) is 2.39. The minimum absolute atomic E-state index is 0.429. The number of piperidine rings is 1. The summed E-state index contributed by atoms with van der Waals surface area (Å²) in [6.07, 6.45) is 6.11. The van der Waals surface area contributed by atoms with Gasteiger partial charge >= 0.3 is 0 Å². The molecule has 1 aliphatic heterocycles. The van der Waals surface area contributed by atoms with Gasteiger partial charge in [0.15, 0.2) is 0 Å². The molecule has 0 bridgehead atoms. The summed E-state index contributed by atoms with van der Waals surface area (Å²) in [5.74, 6) is 2.12. The molecule has 0 radical (unpaired) electrons. The maximum Gasteiger partial charge on any atom is 0.147 e. The van der Waals surface area contributed by atoms with Gasteiger partial charge in [-0.25, -0.2) is 4.98 Å². The number of halogens is 1. The fourth-order valence-electron chi connectivity index (χ4n) is 2.26. The summed E-state index contributed by atoms with van der Waals surface area (Å²) in [6.45, 7) is 5.64. The molecule has 88 valence electrons. The van der Waals surface area contributed by atoms with Crippen molar-refractivity contribution in [2.24, 2.45) is 5.92 Å². The first kappa shape index (κ1) is 11.6. The number of alkyl halides is 1. The van der Waals surface area contributed by atoms with E-state index in [9.17, 15) is 0 Å². The maximum atomic E-state index is 5.78. The lowest BCUT2D eigenvalue weighted by atomic mass is 9.92. The van der Waals surface area contributed by atoms with Crippen LogP contribution in [-0.2, 0) is 5.88 Å². The van der Waals surface area contributed by atoms with Crippen LogP contribution in [0.4, 0.5) is 5.82 Å². The molecule has 3 nitrogen and oxygen atoms in total. The third-order valence-corrected chi connectivity index (χ3v) is 3.75. The molecule has 16 heavy (non-hydrogen) atoms. The molecule has 1 fully saturated rings. The predicted octanol–water partition coefficient (Wildman–Crippen LogP) is 2.84. The lowest BCUT2D eigenvalue weighted by Crippen LogP contribution is -2.43. The minimum Gasteiger partial charge on any atom is -0.352 e. The smallest absolute Gasteiger partial charge is 0.147 e. The largest absolute Gasteiger partial charge is 0.352 e. The molecule has 0 aromatic carbocycles. The number of aromatic nitrogens is 2. The van der Waals surface area contributed by atoms with Crippen molar-refractivity contribution in [2.45, 2.75) is 38.6 Å². The zero-order valence-corrected chi connectivity index (χ0v) is 10.6. The first-order chi connectivity index (χ1) is 7.72. The van der Waals surface area contributed by atoms with E-state index < -0.39 is 0 Å². The Morgan fingerprint density at radius 1 is 1.44 bits per heavy atom. The quantitative estimate of drug-likeness (QED) is 0.744. The first-order valence-corrected chi connectivity index (χ1v) is 6.39. The molecular formula is C12H18ClN3. The standard InChI is InChI=1S/C12H18ClN3/c1-9-4-3-5-16(10(9)2)12-8-14-7-11(6-13)15-12/h7-10H,3-6H2,1-2H3. The van der Waals surface area contributed by atoms with Crippen molar-refractivity contribution in [1.29, 1.82) is 0 Å². The molecule has 1 aromatic heterocycles. The second kappa shape index (κ2) is 5.00. The van der Waals surface area contributed by atoms with E-state index in [2.05, 4.69) is 28.7 Å². The van der Waals surface area contributed by atoms with Crippen LogP contribution in [0.15, 0.2) is 12.4 Å². The van der Waals surface area contributed by atoms with Gasteiger partial charge in [-0.05, 0) is 25.7 Å². The van der Waals surface area contributed by atoms with Crippen molar-refractivity contribution in [3.63, 3.8) is 0 Å². The zero-order chi connectivity index (χ0) is 11.5. The molecule has 1 aliphatic rings. The van der Waals surface area contributed by atoms with Crippen molar-refractivity contribution in [1.82, 2.24) is 9.97 Å². The molecule has 0 amide bonds. The Labute approximate surface area is 102 Å². The van der Waals surface area contributed by atoms with Crippen LogP contribution in [0.25, 0.3) is 0 Å². The highest BCUT2D eigenvalue weighted by molar-refractivity contribution is 6.16. The van der Waals surface area contributed by atoms with Crippen LogP contribution in [0.3, 0.4) is 0 Å². The average Bonchev–Trinajstić information content (AvgIpc) is 2.33. The molecule has 0 saturated carbocycles. The Kier molecular flexibility index (Phi) is 3.64. The number of hydrogen-bond donors (Lipinski definition) is 0. The van der Waals surface area contributed by atoms with Crippen LogP contribution >= 0.6 is 11.6 Å². The van der Waals surface area contributed by atoms with E-state index in [1.165, 1.54) is 12.8 Å². The third-order valence-electron chi connectivity index (χ3n) is 3.48. The van der Waals surface area contributed by atoms with E-state index in [4.69, 9.17) is 11.6 Å². The van der Waals surface area contributed by atoms with Crippen LogP contribution in [0.1, 0.15) is 32.4 Å². The summed E-state index contributed by atoms with van der Waals surface area (Å²) in [4.78, 5) is 11.1. The van der Waals surface area contributed by atoms with Crippen molar-refractivity contribution in [3.05, 3.63) is 18.1 Å². The molecular weight excluding hydrogens is 222 g/mol. The van der Waals surface area contributed by atoms with Gasteiger partial charge in [-0.2, -0.15) is 0 Å². The van der Waals surface area contributed by atoms with Crippen molar-refractivity contribution >= 4 is 17.4 Å². The van der Waals surface area contributed by atoms with Gasteiger partial charge in [0.25, 0.3) is 0 Å². The van der Waals surface area contributed by atoms with E-state index in [1.807, 2.05) is 6.20 Å². The zero-order valence-electron chi connectivity index (χ0n) is 9.86. The minimum atomic E-state index is 0.429. The highest BCUT2D eigenvalue weighted by atomic mass is 35.5. The van der Waals surface area contributed by atoms with Gasteiger partial charge in [-0.1, -0.05) is 6.92 Å². The van der Waals surface area contributed by atoms with Gasteiger partial charge in [0.1, 0.15) is 5.82 Å². The van der Waals surface area contributed by atoms with Gasteiger partial charge in [0.2, 0.25) is 0 Å². The molecule has 2 unspecified atom stereocenters. The Morgan fingerprint density at radius 3 is 3.00 bits per heavy atom. The van der Waals surface area contributed by atoms with E-state index in [0.717, 1.165) is 24.0 Å². The van der Waals surface area contributed by atoms with Crippen LogP contribution < -0.4 is 4.90 Å². The topological polar surface area (TPSA) is 29.0 Å². The summed E-state index contributed by atoms with van der Waals surface area (Å²) < 4.78 is 0. The summed E-state index contributed by atoms with van der Waals surface area (Å²) in [5, 5.41) is 0. The monoisotopic (exact) mass is 239 g/mol. The molecule has 0 aliphatic carbocycles. The third kappa shape index (κ3) is 2.29. The lowest BCUT2D eigenvalue weighted by molar-refractivity contribution is 0.361. The molecule has 4 heteroatoms. The molecule has 0 spiro atoms. The van der Waals surface area contributed by atoms with Crippen LogP contribution in [0, 0.1) is 5.92 Å². The van der Waals surface area contributed by atoms with Crippen molar-refractivity contribution < 1.29 is 0 Å².